The van der Waals surface area contributed by atoms with Crippen molar-refractivity contribution in [1.82, 2.24) is 0 Å². The van der Waals surface area contributed by atoms with Gasteiger partial charge in [0.05, 0.1) is 24.0 Å². The number of hydrogen-bond acceptors (Lipinski definition) is 4. The lowest BCUT2D eigenvalue weighted by molar-refractivity contribution is -0.117. The Kier molecular flexibility index (Phi) is 3.74. The van der Waals surface area contributed by atoms with Gasteiger partial charge in [-0.3, -0.25) is 4.79 Å². The largest absolute Gasteiger partial charge is 0.465 e. The van der Waals surface area contributed by atoms with Gasteiger partial charge in [-0.15, -0.1) is 0 Å². The summed E-state index contributed by atoms with van der Waals surface area (Å²) < 4.78 is 4.80. The van der Waals surface area contributed by atoms with Crippen molar-refractivity contribution in [3.05, 3.63) is 23.8 Å². The molecular formula is C14H18N2O3. The summed E-state index contributed by atoms with van der Waals surface area (Å²) in [6.45, 7) is 0.699. The van der Waals surface area contributed by atoms with Crippen molar-refractivity contribution >= 4 is 23.3 Å². The molecule has 5 nitrogen and oxygen atoms in total. The van der Waals surface area contributed by atoms with Gasteiger partial charge in [0, 0.05) is 27.1 Å². The zero-order chi connectivity index (χ0) is 14.0. The third-order valence-corrected chi connectivity index (χ3v) is 3.23. The lowest BCUT2D eigenvalue weighted by atomic mass is 10.1. The summed E-state index contributed by atoms with van der Waals surface area (Å²) in [4.78, 5) is 27.3. The molecule has 1 heterocycles. The molecule has 1 aromatic rings. The number of hydrogen-bond donors (Lipinski definition) is 0. The van der Waals surface area contributed by atoms with Crippen LogP contribution in [0.5, 0.6) is 0 Å². The molecule has 0 radical (unpaired) electrons. The highest BCUT2D eigenvalue weighted by molar-refractivity contribution is 6.04. The average Bonchev–Trinajstić information content (AvgIpc) is 2.82. The Morgan fingerprint density at radius 2 is 2.11 bits per heavy atom. The van der Waals surface area contributed by atoms with Crippen molar-refractivity contribution < 1.29 is 14.3 Å². The van der Waals surface area contributed by atoms with Gasteiger partial charge in [-0.05, 0) is 18.6 Å². The van der Waals surface area contributed by atoms with E-state index >= 15 is 0 Å². The van der Waals surface area contributed by atoms with E-state index in [1.807, 2.05) is 25.1 Å². The number of esters is 1. The lowest BCUT2D eigenvalue weighted by Crippen LogP contribution is -2.27. The smallest absolute Gasteiger partial charge is 0.340 e. The number of ether oxygens (including phenoxy) is 1. The van der Waals surface area contributed by atoms with Gasteiger partial charge >= 0.3 is 5.97 Å². The van der Waals surface area contributed by atoms with Crippen LogP contribution in [-0.4, -0.2) is 39.6 Å². The monoisotopic (exact) mass is 262 g/mol. The minimum Gasteiger partial charge on any atom is -0.465 e. The SMILES string of the molecule is COC(=O)c1cccc(N2CCCC2=O)c1N(C)C. The second-order valence-electron chi connectivity index (χ2n) is 4.71. The quantitative estimate of drug-likeness (QED) is 0.777. The Labute approximate surface area is 112 Å². The Morgan fingerprint density at radius 1 is 1.37 bits per heavy atom. The number of carbonyl (C=O) groups excluding carboxylic acids is 2. The van der Waals surface area contributed by atoms with Gasteiger partial charge in [0.2, 0.25) is 5.91 Å². The highest BCUT2D eigenvalue weighted by Gasteiger charge is 2.27. The maximum Gasteiger partial charge on any atom is 0.340 e. The first kappa shape index (κ1) is 13.4. The zero-order valence-corrected chi connectivity index (χ0v) is 11.5. The average molecular weight is 262 g/mol. The topological polar surface area (TPSA) is 49.9 Å². The molecule has 0 atom stereocenters. The van der Waals surface area contributed by atoms with Crippen LogP contribution >= 0.6 is 0 Å². The first-order valence-electron chi connectivity index (χ1n) is 6.25. The van der Waals surface area contributed by atoms with Gasteiger partial charge in [0.1, 0.15) is 0 Å². The number of anilines is 2. The van der Waals surface area contributed by atoms with Crippen molar-refractivity contribution in [2.75, 3.05) is 37.5 Å². The maximum atomic E-state index is 11.9. The van der Waals surface area contributed by atoms with Crippen LogP contribution in [0.1, 0.15) is 23.2 Å². The van der Waals surface area contributed by atoms with Crippen LogP contribution in [0.15, 0.2) is 18.2 Å². The van der Waals surface area contributed by atoms with Crippen LogP contribution in [0.2, 0.25) is 0 Å². The first-order chi connectivity index (χ1) is 9.06. The molecule has 19 heavy (non-hydrogen) atoms. The van der Waals surface area contributed by atoms with E-state index in [4.69, 9.17) is 4.74 Å². The standard InChI is InChI=1S/C14H18N2O3/c1-15(2)13-10(14(18)19-3)6-4-7-11(13)16-9-5-8-12(16)17/h4,6-7H,5,8-9H2,1-3H3. The molecule has 0 bridgehead atoms. The van der Waals surface area contributed by atoms with E-state index in [0.29, 0.717) is 18.5 Å². The third kappa shape index (κ3) is 2.41. The molecule has 1 amide bonds. The summed E-state index contributed by atoms with van der Waals surface area (Å²) in [5.74, 6) is -0.290. The van der Waals surface area contributed by atoms with Crippen molar-refractivity contribution in [2.24, 2.45) is 0 Å². The number of rotatable bonds is 3. The molecule has 5 heteroatoms. The van der Waals surface area contributed by atoms with E-state index in [2.05, 4.69) is 0 Å². The van der Waals surface area contributed by atoms with E-state index in [1.54, 1.807) is 17.0 Å². The Morgan fingerprint density at radius 3 is 2.63 bits per heavy atom. The fourth-order valence-electron chi connectivity index (χ4n) is 2.40. The van der Waals surface area contributed by atoms with Crippen LogP contribution in [0.4, 0.5) is 11.4 Å². The number of nitrogens with zero attached hydrogens (tertiary/aromatic N) is 2. The molecule has 0 aromatic heterocycles. The van der Waals surface area contributed by atoms with E-state index in [0.717, 1.165) is 17.8 Å². The van der Waals surface area contributed by atoms with Gasteiger partial charge < -0.3 is 14.5 Å². The van der Waals surface area contributed by atoms with Crippen LogP contribution in [0.25, 0.3) is 0 Å². The van der Waals surface area contributed by atoms with Gasteiger partial charge in [0.15, 0.2) is 0 Å². The minimum absolute atomic E-state index is 0.102. The predicted molar refractivity (Wildman–Crippen MR) is 73.7 cm³/mol. The molecule has 2 rings (SSSR count). The molecule has 0 N–H and O–H groups in total. The number of para-hydroxylation sites is 1. The number of benzene rings is 1. The van der Waals surface area contributed by atoms with Gasteiger partial charge in [-0.2, -0.15) is 0 Å². The minimum atomic E-state index is -0.391. The van der Waals surface area contributed by atoms with Crippen molar-refractivity contribution in [1.29, 1.82) is 0 Å². The summed E-state index contributed by atoms with van der Waals surface area (Å²) in [6, 6.07) is 5.36. The molecule has 0 unspecified atom stereocenters. The summed E-state index contributed by atoms with van der Waals surface area (Å²) in [5, 5.41) is 0. The Bertz CT molecular complexity index is 511. The second-order valence-corrected chi connectivity index (χ2v) is 4.71. The molecule has 1 aliphatic heterocycles. The molecule has 1 aromatic carbocycles. The second kappa shape index (κ2) is 5.30. The number of carbonyl (C=O) groups is 2. The first-order valence-corrected chi connectivity index (χ1v) is 6.25. The van der Waals surface area contributed by atoms with E-state index in [-0.39, 0.29) is 5.91 Å². The third-order valence-electron chi connectivity index (χ3n) is 3.23. The van der Waals surface area contributed by atoms with E-state index < -0.39 is 5.97 Å². The van der Waals surface area contributed by atoms with Crippen LogP contribution in [0.3, 0.4) is 0 Å². The summed E-state index contributed by atoms with van der Waals surface area (Å²) in [6.07, 6.45) is 1.42. The van der Waals surface area contributed by atoms with Crippen LogP contribution < -0.4 is 9.80 Å². The Hall–Kier alpha value is -2.04. The molecule has 0 spiro atoms. The van der Waals surface area contributed by atoms with Crippen molar-refractivity contribution in [3.8, 4) is 0 Å². The highest BCUT2D eigenvalue weighted by atomic mass is 16.5. The predicted octanol–water partition coefficient (Wildman–Crippen LogP) is 1.67. The van der Waals surface area contributed by atoms with Crippen LogP contribution in [0, 0.1) is 0 Å². The molecule has 1 fully saturated rings. The zero-order valence-electron chi connectivity index (χ0n) is 11.5. The molecule has 1 saturated heterocycles. The fourth-order valence-corrected chi connectivity index (χ4v) is 2.40. The Balaban J connectivity index is 2.54. The molecule has 0 aliphatic carbocycles. The normalized spacial score (nSPS) is 14.7. The summed E-state index contributed by atoms with van der Waals surface area (Å²) >= 11 is 0. The lowest BCUT2D eigenvalue weighted by Gasteiger charge is -2.25. The van der Waals surface area contributed by atoms with E-state index in [1.165, 1.54) is 7.11 Å². The highest BCUT2D eigenvalue weighted by Crippen LogP contribution is 2.34. The van der Waals surface area contributed by atoms with Gasteiger partial charge in [-0.1, -0.05) is 6.07 Å². The molecule has 1 aliphatic rings. The molecule has 102 valence electrons. The number of amides is 1. The summed E-state index contributed by atoms with van der Waals surface area (Å²) in [7, 11) is 5.06. The van der Waals surface area contributed by atoms with Crippen molar-refractivity contribution in [2.45, 2.75) is 12.8 Å². The summed E-state index contributed by atoms with van der Waals surface area (Å²) in [5.41, 5.74) is 1.98. The molecular weight excluding hydrogens is 244 g/mol. The van der Waals surface area contributed by atoms with Gasteiger partial charge in [-0.25, -0.2) is 4.79 Å². The van der Waals surface area contributed by atoms with Gasteiger partial charge in [0.25, 0.3) is 0 Å². The maximum absolute atomic E-state index is 11.9. The number of methoxy groups -OCH3 is 1. The fraction of sp³-hybridized carbons (Fsp3) is 0.429. The molecule has 0 saturated carbocycles. The van der Waals surface area contributed by atoms with E-state index in [9.17, 15) is 9.59 Å². The van der Waals surface area contributed by atoms with Crippen molar-refractivity contribution in [3.63, 3.8) is 0 Å². The van der Waals surface area contributed by atoms with Crippen LogP contribution in [-0.2, 0) is 9.53 Å².